The molecule has 2 aromatic carbocycles. The highest BCUT2D eigenvalue weighted by atomic mass is 35.5. The molecule has 0 fully saturated rings. The summed E-state index contributed by atoms with van der Waals surface area (Å²) in [5.41, 5.74) is -1.35. The molecular weight excluding hydrogens is 433 g/mol. The van der Waals surface area contributed by atoms with Gasteiger partial charge in [0.05, 0.1) is 17.4 Å². The largest absolute Gasteiger partial charge is 0.434 e. The van der Waals surface area contributed by atoms with Gasteiger partial charge >= 0.3 is 6.18 Å². The molecule has 0 aliphatic heterocycles. The van der Waals surface area contributed by atoms with Crippen LogP contribution >= 0.6 is 23.2 Å². The van der Waals surface area contributed by atoms with Crippen LogP contribution in [0.25, 0.3) is 5.69 Å². The van der Waals surface area contributed by atoms with E-state index in [1.807, 2.05) is 0 Å². The number of benzene rings is 2. The zero-order valence-electron chi connectivity index (χ0n) is 14.6. The monoisotopic (exact) mass is 445 g/mol. The maximum atomic E-state index is 13.6. The maximum absolute atomic E-state index is 13.6. The number of halogens is 6. The highest BCUT2D eigenvalue weighted by Gasteiger charge is 2.40. The number of nitrogens with one attached hydrogen (secondary N) is 1. The summed E-state index contributed by atoms with van der Waals surface area (Å²) < 4.78 is 54.5. The Hall–Kier alpha value is -2.58. The summed E-state index contributed by atoms with van der Waals surface area (Å²) in [4.78, 5) is 12.4. The molecule has 0 bridgehead atoms. The Morgan fingerprint density at radius 3 is 2.28 bits per heavy atom. The molecule has 152 valence electrons. The molecule has 0 saturated carbocycles. The van der Waals surface area contributed by atoms with E-state index in [4.69, 9.17) is 23.2 Å². The summed E-state index contributed by atoms with van der Waals surface area (Å²) in [6.45, 7) is 0.0152. The van der Waals surface area contributed by atoms with Gasteiger partial charge < -0.3 is 5.32 Å². The maximum Gasteiger partial charge on any atom is 0.434 e. The molecular formula is C19H13Cl2F4N3O. The molecule has 0 saturated heterocycles. The van der Waals surface area contributed by atoms with E-state index in [1.165, 1.54) is 0 Å². The van der Waals surface area contributed by atoms with E-state index in [0.717, 1.165) is 30.5 Å². The lowest BCUT2D eigenvalue weighted by Gasteiger charge is -2.13. The fourth-order valence-electron chi connectivity index (χ4n) is 2.73. The van der Waals surface area contributed by atoms with E-state index < -0.39 is 29.2 Å². The highest BCUT2D eigenvalue weighted by Crippen LogP contribution is 2.33. The molecule has 0 aliphatic rings. The van der Waals surface area contributed by atoms with Crippen molar-refractivity contribution in [2.24, 2.45) is 0 Å². The van der Waals surface area contributed by atoms with Gasteiger partial charge in [0, 0.05) is 16.6 Å². The topological polar surface area (TPSA) is 46.9 Å². The predicted octanol–water partition coefficient (Wildman–Crippen LogP) is 5.31. The standard InChI is InChI=1S/C19H13Cl2F4N3O/c20-15-2-1-3-16(21)13(15)8-9-26-18(29)14-10-27-28(17(14)19(23,24)25)12-6-4-11(22)5-7-12/h1-7,10H,8-9H2,(H,26,29). The van der Waals surface area contributed by atoms with Crippen molar-refractivity contribution in [2.45, 2.75) is 12.6 Å². The normalized spacial score (nSPS) is 11.5. The lowest BCUT2D eigenvalue weighted by Crippen LogP contribution is -2.28. The number of hydrogen-bond donors (Lipinski definition) is 1. The summed E-state index contributed by atoms with van der Waals surface area (Å²) in [5.74, 6) is -1.56. The first kappa shape index (κ1) is 21.1. The zero-order valence-corrected chi connectivity index (χ0v) is 16.1. The third-order valence-corrected chi connectivity index (χ3v) is 4.78. The lowest BCUT2D eigenvalue weighted by atomic mass is 10.1. The molecule has 4 nitrogen and oxygen atoms in total. The van der Waals surface area contributed by atoms with Crippen LogP contribution in [0.2, 0.25) is 10.0 Å². The Morgan fingerprint density at radius 2 is 1.69 bits per heavy atom. The van der Waals surface area contributed by atoms with Gasteiger partial charge in [-0.3, -0.25) is 4.79 Å². The summed E-state index contributed by atoms with van der Waals surface area (Å²) in [5, 5.41) is 6.88. The van der Waals surface area contributed by atoms with Gasteiger partial charge in [0.25, 0.3) is 5.91 Å². The Balaban J connectivity index is 1.82. The van der Waals surface area contributed by atoms with E-state index in [0.29, 0.717) is 20.3 Å². The van der Waals surface area contributed by atoms with Crippen molar-refractivity contribution >= 4 is 29.1 Å². The van der Waals surface area contributed by atoms with Gasteiger partial charge in [-0.25, -0.2) is 9.07 Å². The van der Waals surface area contributed by atoms with Crippen LogP contribution in [0, 0.1) is 5.82 Å². The fraction of sp³-hybridized carbons (Fsp3) is 0.158. The summed E-state index contributed by atoms with van der Waals surface area (Å²) in [6.07, 6.45) is -3.80. The summed E-state index contributed by atoms with van der Waals surface area (Å²) >= 11 is 12.1. The average molecular weight is 446 g/mol. The molecule has 0 atom stereocenters. The van der Waals surface area contributed by atoms with Crippen LogP contribution < -0.4 is 5.32 Å². The van der Waals surface area contributed by atoms with Gasteiger partial charge in [-0.05, 0) is 48.4 Å². The average Bonchev–Trinajstić information content (AvgIpc) is 3.10. The Bertz CT molecular complexity index is 1010. The minimum Gasteiger partial charge on any atom is -0.352 e. The molecule has 10 heteroatoms. The van der Waals surface area contributed by atoms with E-state index in [2.05, 4.69) is 10.4 Å². The van der Waals surface area contributed by atoms with Gasteiger partial charge in [0.15, 0.2) is 5.69 Å². The number of aromatic nitrogens is 2. The van der Waals surface area contributed by atoms with E-state index >= 15 is 0 Å². The SMILES string of the molecule is O=C(NCCc1c(Cl)cccc1Cl)c1cnn(-c2ccc(F)cc2)c1C(F)(F)F. The second-order valence-electron chi connectivity index (χ2n) is 6.00. The van der Waals surface area contributed by atoms with Crippen molar-refractivity contribution in [3.8, 4) is 5.69 Å². The first-order valence-corrected chi connectivity index (χ1v) is 9.06. The molecule has 29 heavy (non-hydrogen) atoms. The van der Waals surface area contributed by atoms with Gasteiger partial charge in [-0.1, -0.05) is 29.3 Å². The molecule has 0 spiro atoms. The first-order valence-electron chi connectivity index (χ1n) is 8.30. The number of hydrogen-bond acceptors (Lipinski definition) is 2. The quantitative estimate of drug-likeness (QED) is 0.541. The molecule has 1 N–H and O–H groups in total. The molecule has 0 unspecified atom stereocenters. The number of carbonyl (C=O) groups excluding carboxylic acids is 1. The molecule has 1 heterocycles. The smallest absolute Gasteiger partial charge is 0.352 e. The molecule has 1 aromatic heterocycles. The number of rotatable bonds is 5. The summed E-state index contributed by atoms with van der Waals surface area (Å²) in [6, 6.07) is 9.19. The number of nitrogens with zero attached hydrogens (tertiary/aromatic N) is 2. The minimum absolute atomic E-state index is 0.0152. The highest BCUT2D eigenvalue weighted by molar-refractivity contribution is 6.36. The Labute approximate surface area is 173 Å². The van der Waals surface area contributed by atoms with Crippen LogP contribution in [0.4, 0.5) is 17.6 Å². The van der Waals surface area contributed by atoms with Crippen molar-refractivity contribution in [2.75, 3.05) is 6.54 Å². The van der Waals surface area contributed by atoms with E-state index in [-0.39, 0.29) is 18.7 Å². The van der Waals surface area contributed by atoms with Crippen molar-refractivity contribution in [1.29, 1.82) is 0 Å². The van der Waals surface area contributed by atoms with Gasteiger partial charge in [-0.15, -0.1) is 0 Å². The van der Waals surface area contributed by atoms with Crippen molar-refractivity contribution in [3.05, 3.63) is 81.3 Å². The van der Waals surface area contributed by atoms with Crippen LogP contribution in [0.3, 0.4) is 0 Å². The van der Waals surface area contributed by atoms with E-state index in [1.54, 1.807) is 18.2 Å². The number of alkyl halides is 3. The fourth-order valence-corrected chi connectivity index (χ4v) is 3.32. The third-order valence-electron chi connectivity index (χ3n) is 4.08. The molecule has 3 aromatic rings. The predicted molar refractivity (Wildman–Crippen MR) is 101 cm³/mol. The molecule has 3 rings (SSSR count). The Kier molecular flexibility index (Phi) is 6.14. The molecule has 0 radical (unpaired) electrons. The van der Waals surface area contributed by atoms with Crippen molar-refractivity contribution < 1.29 is 22.4 Å². The van der Waals surface area contributed by atoms with Crippen molar-refractivity contribution in [3.63, 3.8) is 0 Å². The Morgan fingerprint density at radius 1 is 1.07 bits per heavy atom. The van der Waals surface area contributed by atoms with Crippen LogP contribution in [-0.4, -0.2) is 22.2 Å². The van der Waals surface area contributed by atoms with Gasteiger partial charge in [0.1, 0.15) is 5.82 Å². The summed E-state index contributed by atoms with van der Waals surface area (Å²) in [7, 11) is 0. The second-order valence-corrected chi connectivity index (χ2v) is 6.81. The van der Waals surface area contributed by atoms with Crippen LogP contribution in [-0.2, 0) is 12.6 Å². The molecule has 1 amide bonds. The minimum atomic E-state index is -4.86. The van der Waals surface area contributed by atoms with Gasteiger partial charge in [-0.2, -0.15) is 18.3 Å². The van der Waals surface area contributed by atoms with E-state index in [9.17, 15) is 22.4 Å². The zero-order chi connectivity index (χ0) is 21.2. The van der Waals surface area contributed by atoms with Crippen LogP contribution in [0.15, 0.2) is 48.7 Å². The third kappa shape index (κ3) is 4.71. The van der Waals surface area contributed by atoms with Crippen molar-refractivity contribution in [1.82, 2.24) is 15.1 Å². The number of amides is 1. The molecule has 0 aliphatic carbocycles. The first-order chi connectivity index (χ1) is 13.7. The lowest BCUT2D eigenvalue weighted by molar-refractivity contribution is -0.143. The van der Waals surface area contributed by atoms with Gasteiger partial charge in [0.2, 0.25) is 0 Å². The second kappa shape index (κ2) is 8.42. The van der Waals surface area contributed by atoms with Crippen LogP contribution in [0.5, 0.6) is 0 Å². The van der Waals surface area contributed by atoms with Crippen LogP contribution in [0.1, 0.15) is 21.6 Å². The number of carbonyl (C=O) groups is 1.